The molecular formula is C28H27ClF3N9O3. The highest BCUT2D eigenvalue weighted by molar-refractivity contribution is 6.30. The molecule has 5 rings (SSSR count). The van der Waals surface area contributed by atoms with Crippen LogP contribution in [0.1, 0.15) is 43.1 Å². The maximum atomic E-state index is 14.0. The van der Waals surface area contributed by atoms with Gasteiger partial charge in [0.05, 0.1) is 24.5 Å². The van der Waals surface area contributed by atoms with E-state index in [1.165, 1.54) is 36.3 Å². The zero-order valence-corrected chi connectivity index (χ0v) is 24.0. The monoisotopic (exact) mass is 629 g/mol. The zero-order chi connectivity index (χ0) is 31.3. The number of methoxy groups -OCH3 is 1. The predicted octanol–water partition coefficient (Wildman–Crippen LogP) is 5.67. The molecule has 1 aliphatic rings. The number of carbonyl (C=O) groups excluding carboxylic acids is 2. The van der Waals surface area contributed by atoms with E-state index < -0.39 is 30.3 Å². The van der Waals surface area contributed by atoms with Gasteiger partial charge in [-0.05, 0) is 65.7 Å². The lowest BCUT2D eigenvalue weighted by atomic mass is 10.0. The van der Waals surface area contributed by atoms with E-state index in [1.54, 1.807) is 36.5 Å². The number of nitrogens with one attached hydrogen (secondary N) is 4. The Labute approximate surface area is 254 Å². The number of anilines is 2. The number of tetrazole rings is 1. The second-order valence-corrected chi connectivity index (χ2v) is 10.4. The van der Waals surface area contributed by atoms with Crippen LogP contribution in [-0.4, -0.2) is 61.5 Å². The molecule has 16 heteroatoms. The number of rotatable bonds is 5. The molecule has 4 N–H and O–H groups in total. The zero-order valence-electron chi connectivity index (χ0n) is 23.2. The van der Waals surface area contributed by atoms with Crippen LogP contribution in [0.15, 0.2) is 55.0 Å². The van der Waals surface area contributed by atoms with Crippen molar-refractivity contribution in [2.75, 3.05) is 17.7 Å². The second kappa shape index (κ2) is 13.2. The minimum atomic E-state index is -4.54. The molecule has 12 nitrogen and oxygen atoms in total. The van der Waals surface area contributed by atoms with Crippen molar-refractivity contribution in [1.82, 2.24) is 35.5 Å². The van der Waals surface area contributed by atoms with Gasteiger partial charge in [0.25, 0.3) is 0 Å². The van der Waals surface area contributed by atoms with Gasteiger partial charge in [-0.2, -0.15) is 17.9 Å². The van der Waals surface area contributed by atoms with Crippen LogP contribution in [0.2, 0.25) is 5.02 Å². The minimum absolute atomic E-state index is 0.128. The first-order valence-corrected chi connectivity index (χ1v) is 13.9. The maximum absolute atomic E-state index is 14.0. The van der Waals surface area contributed by atoms with E-state index in [-0.39, 0.29) is 24.2 Å². The molecule has 0 radical (unpaired) electrons. The quantitative estimate of drug-likeness (QED) is 0.206. The number of alkyl halides is 3. The number of hydrogen-bond donors (Lipinski definition) is 4. The number of fused-ring (bicyclic) bond motifs is 4. The maximum Gasteiger partial charge on any atom is 0.411 e. The average Bonchev–Trinajstić information content (AvgIpc) is 3.69. The van der Waals surface area contributed by atoms with Crippen molar-refractivity contribution >= 4 is 41.1 Å². The fourth-order valence-corrected chi connectivity index (χ4v) is 4.97. The summed E-state index contributed by atoms with van der Waals surface area (Å²) in [5.41, 5.74) is 2.28. The van der Waals surface area contributed by atoms with Crippen molar-refractivity contribution in [3.8, 4) is 16.9 Å². The van der Waals surface area contributed by atoms with Crippen LogP contribution in [0.4, 0.5) is 29.3 Å². The summed E-state index contributed by atoms with van der Waals surface area (Å²) in [7, 11) is 1.18. The molecule has 4 aromatic rings. The molecule has 1 aliphatic heterocycles. The Kier molecular flexibility index (Phi) is 9.13. The number of aromatic nitrogens is 6. The largest absolute Gasteiger partial charge is 0.453 e. The first kappa shape index (κ1) is 30.5. The number of H-pyrrole nitrogens is 1. The lowest BCUT2D eigenvalue weighted by Crippen LogP contribution is -2.36. The lowest BCUT2D eigenvalue weighted by Gasteiger charge is -2.25. The summed E-state index contributed by atoms with van der Waals surface area (Å²) in [5, 5.41) is 19.6. The molecule has 2 amide bonds. The summed E-state index contributed by atoms with van der Waals surface area (Å²) < 4.78 is 48.2. The van der Waals surface area contributed by atoms with Gasteiger partial charge in [0.2, 0.25) is 5.91 Å². The summed E-state index contributed by atoms with van der Waals surface area (Å²) in [6.45, 7) is 0. The Hall–Kier alpha value is -4.92. The van der Waals surface area contributed by atoms with Crippen LogP contribution in [0, 0.1) is 0 Å². The first-order valence-electron chi connectivity index (χ1n) is 13.5. The Morgan fingerprint density at radius 1 is 1.16 bits per heavy atom. The molecular weight excluding hydrogens is 603 g/mol. The second-order valence-electron chi connectivity index (χ2n) is 9.92. The number of hydrogen-bond acceptors (Lipinski definition) is 8. The SMILES string of the molecule is COC(=O)Nc1ccc2c(c1)N[C@H](C(F)(F)F)CCCC[C@H](NC(=O)C=Cc1cc(Cl)ccc1-n1cnnn1)c1nc-2c[nH]1. The van der Waals surface area contributed by atoms with E-state index >= 15 is 0 Å². The molecule has 0 saturated carbocycles. The van der Waals surface area contributed by atoms with Crippen molar-refractivity contribution in [3.05, 3.63) is 71.4 Å². The van der Waals surface area contributed by atoms with Gasteiger partial charge in [-0.25, -0.2) is 9.78 Å². The van der Waals surface area contributed by atoms with E-state index in [0.717, 1.165) is 0 Å². The molecule has 0 spiro atoms. The number of carbonyl (C=O) groups is 2. The van der Waals surface area contributed by atoms with Crippen molar-refractivity contribution in [2.24, 2.45) is 0 Å². The topological polar surface area (TPSA) is 152 Å². The number of ether oxygens (including phenoxy) is 1. The van der Waals surface area contributed by atoms with Crippen molar-refractivity contribution in [3.63, 3.8) is 0 Å². The Balaban J connectivity index is 1.42. The van der Waals surface area contributed by atoms with Crippen LogP contribution in [0.3, 0.4) is 0 Å². The van der Waals surface area contributed by atoms with Crippen LogP contribution in [0.25, 0.3) is 23.0 Å². The molecule has 0 aliphatic carbocycles. The summed E-state index contributed by atoms with van der Waals surface area (Å²) in [5.74, 6) is -0.00834. The average molecular weight is 630 g/mol. The van der Waals surface area contributed by atoms with Crippen LogP contribution in [-0.2, 0) is 9.53 Å². The third-order valence-electron chi connectivity index (χ3n) is 6.93. The van der Waals surface area contributed by atoms with Gasteiger partial charge >= 0.3 is 12.3 Å². The van der Waals surface area contributed by atoms with Crippen LogP contribution in [0.5, 0.6) is 0 Å². The van der Waals surface area contributed by atoms with Crippen molar-refractivity contribution in [1.29, 1.82) is 0 Å². The van der Waals surface area contributed by atoms with E-state index in [4.69, 9.17) is 11.6 Å². The van der Waals surface area contributed by atoms with E-state index in [0.29, 0.717) is 46.2 Å². The van der Waals surface area contributed by atoms with E-state index in [2.05, 4.69) is 46.2 Å². The summed E-state index contributed by atoms with van der Waals surface area (Å²) in [6, 6.07) is 7.06. The number of imidazole rings is 1. The predicted molar refractivity (Wildman–Crippen MR) is 156 cm³/mol. The Morgan fingerprint density at radius 3 is 2.73 bits per heavy atom. The Morgan fingerprint density at radius 2 is 1.98 bits per heavy atom. The summed E-state index contributed by atoms with van der Waals surface area (Å²) >= 11 is 6.17. The summed E-state index contributed by atoms with van der Waals surface area (Å²) in [4.78, 5) is 32.5. The van der Waals surface area contributed by atoms with Gasteiger partial charge in [-0.15, -0.1) is 5.10 Å². The summed E-state index contributed by atoms with van der Waals surface area (Å²) in [6.07, 6.45) is 1.31. The normalized spacial score (nSPS) is 17.1. The third kappa shape index (κ3) is 7.34. The molecule has 3 heterocycles. The number of nitrogens with zero attached hydrogens (tertiary/aromatic N) is 5. The molecule has 0 unspecified atom stereocenters. The number of amides is 2. The van der Waals surface area contributed by atoms with Crippen LogP contribution < -0.4 is 16.0 Å². The van der Waals surface area contributed by atoms with Gasteiger partial charge < -0.3 is 20.4 Å². The van der Waals surface area contributed by atoms with Gasteiger partial charge in [0.15, 0.2) is 0 Å². The molecule has 2 atom stereocenters. The molecule has 2 aromatic heterocycles. The highest BCUT2D eigenvalue weighted by Crippen LogP contribution is 2.36. The minimum Gasteiger partial charge on any atom is -0.453 e. The fourth-order valence-electron chi connectivity index (χ4n) is 4.79. The third-order valence-corrected chi connectivity index (χ3v) is 7.17. The molecule has 2 bridgehead atoms. The number of benzene rings is 2. The van der Waals surface area contributed by atoms with Gasteiger partial charge in [0.1, 0.15) is 18.2 Å². The standard InChI is InChI=1S/C28H27ClF3N9O3/c1-44-27(43)35-18-8-9-19-21(13-18)36-24(28(30,31)32)5-3-2-4-20(26-33-14-22(19)38-26)37-25(42)11-6-16-12-17(29)7-10-23(16)41-15-34-39-40-41/h6-15,20,24,36H,2-5H2,1H3,(H,33,38)(H,35,43)(H,37,42)/t20-,24-/m0/s1. The van der Waals surface area contributed by atoms with Crippen LogP contribution >= 0.6 is 11.6 Å². The Bertz CT molecular complexity index is 1660. The molecule has 230 valence electrons. The van der Waals surface area contributed by atoms with Crippen molar-refractivity contribution < 1.29 is 27.5 Å². The highest BCUT2D eigenvalue weighted by atomic mass is 35.5. The lowest BCUT2D eigenvalue weighted by molar-refractivity contribution is -0.144. The van der Waals surface area contributed by atoms with E-state index in [9.17, 15) is 22.8 Å². The van der Waals surface area contributed by atoms with Crippen molar-refractivity contribution in [2.45, 2.75) is 43.9 Å². The highest BCUT2D eigenvalue weighted by Gasteiger charge is 2.39. The fraction of sp³-hybridized carbons (Fsp3) is 0.286. The van der Waals surface area contributed by atoms with E-state index in [1.807, 2.05) is 0 Å². The van der Waals surface area contributed by atoms with Gasteiger partial charge in [-0.3, -0.25) is 10.1 Å². The first-order chi connectivity index (χ1) is 21.1. The number of aromatic amines is 1. The van der Waals surface area contributed by atoms with Gasteiger partial charge in [-0.1, -0.05) is 24.4 Å². The smallest absolute Gasteiger partial charge is 0.411 e. The molecule has 44 heavy (non-hydrogen) atoms. The van der Waals surface area contributed by atoms with Gasteiger partial charge in [0, 0.05) is 39.8 Å². The molecule has 0 fully saturated rings. The molecule has 0 saturated heterocycles. The number of halogens is 4. The molecule has 2 aromatic carbocycles.